The van der Waals surface area contributed by atoms with Gasteiger partial charge >= 0.3 is 5.97 Å². The van der Waals surface area contributed by atoms with Gasteiger partial charge in [-0.25, -0.2) is 0 Å². The van der Waals surface area contributed by atoms with Crippen LogP contribution in [0.25, 0.3) is 11.1 Å². The maximum absolute atomic E-state index is 13.2. The van der Waals surface area contributed by atoms with E-state index in [1.165, 1.54) is 0 Å². The van der Waals surface area contributed by atoms with Gasteiger partial charge in [0.05, 0.1) is 6.42 Å². The van der Waals surface area contributed by atoms with Gasteiger partial charge in [0.15, 0.2) is 0 Å². The van der Waals surface area contributed by atoms with Crippen molar-refractivity contribution < 1.29 is 14.7 Å². The minimum Gasteiger partial charge on any atom is -0.481 e. The maximum Gasteiger partial charge on any atom is 0.304 e. The largest absolute Gasteiger partial charge is 0.481 e. The number of piperidine rings is 1. The molecule has 1 atom stereocenters. The molecule has 38 heavy (non-hydrogen) atoms. The van der Waals surface area contributed by atoms with Crippen molar-refractivity contribution in [2.75, 3.05) is 19.6 Å². The molecule has 0 radical (unpaired) electrons. The molecule has 1 heterocycles. The van der Waals surface area contributed by atoms with Crippen molar-refractivity contribution in [3.63, 3.8) is 0 Å². The van der Waals surface area contributed by atoms with Gasteiger partial charge in [0, 0.05) is 35.1 Å². The van der Waals surface area contributed by atoms with E-state index in [-0.39, 0.29) is 23.8 Å². The van der Waals surface area contributed by atoms with Gasteiger partial charge in [-0.15, -0.1) is 0 Å². The maximum atomic E-state index is 13.2. The molecular weight excluding hydrogens is 496 g/mol. The smallest absolute Gasteiger partial charge is 0.304 e. The fourth-order valence-corrected chi connectivity index (χ4v) is 5.91. The molecule has 2 N–H and O–H groups in total. The highest BCUT2D eigenvalue weighted by Gasteiger charge is 2.33. The van der Waals surface area contributed by atoms with Gasteiger partial charge in [0.1, 0.15) is 0 Å². The van der Waals surface area contributed by atoms with E-state index in [1.807, 2.05) is 66.7 Å². The summed E-state index contributed by atoms with van der Waals surface area (Å²) in [5.41, 5.74) is 3.25. The van der Waals surface area contributed by atoms with Gasteiger partial charge < -0.3 is 15.3 Å². The highest BCUT2D eigenvalue weighted by Crippen LogP contribution is 2.37. The van der Waals surface area contributed by atoms with Crippen LogP contribution in [-0.4, -0.2) is 47.6 Å². The summed E-state index contributed by atoms with van der Waals surface area (Å²) in [4.78, 5) is 27.3. The summed E-state index contributed by atoms with van der Waals surface area (Å²) in [6.45, 7) is 4.87. The van der Waals surface area contributed by atoms with E-state index in [0.717, 1.165) is 68.4 Å². The van der Waals surface area contributed by atoms with Crippen LogP contribution in [0.15, 0.2) is 78.9 Å². The van der Waals surface area contributed by atoms with Gasteiger partial charge in [0.25, 0.3) is 5.91 Å². The van der Waals surface area contributed by atoms with Crippen molar-refractivity contribution in [3.8, 4) is 11.1 Å². The first kappa shape index (κ1) is 27.9. The van der Waals surface area contributed by atoms with E-state index in [0.29, 0.717) is 10.6 Å². The van der Waals surface area contributed by atoms with Crippen molar-refractivity contribution in [1.29, 1.82) is 0 Å². The lowest BCUT2D eigenvalue weighted by Crippen LogP contribution is -2.45. The summed E-state index contributed by atoms with van der Waals surface area (Å²) in [5, 5.41) is 13.5. The van der Waals surface area contributed by atoms with E-state index in [9.17, 15) is 14.7 Å². The Morgan fingerprint density at radius 3 is 2.39 bits per heavy atom. The molecule has 4 rings (SSSR count). The molecule has 0 aromatic heterocycles. The number of likely N-dealkylation sites (tertiary alicyclic amines) is 1. The minimum absolute atomic E-state index is 0.0525. The zero-order valence-electron chi connectivity index (χ0n) is 22.0. The van der Waals surface area contributed by atoms with Crippen LogP contribution in [0, 0.1) is 0 Å². The van der Waals surface area contributed by atoms with Crippen molar-refractivity contribution in [3.05, 3.63) is 95.0 Å². The van der Waals surface area contributed by atoms with Gasteiger partial charge in [-0.3, -0.25) is 9.59 Å². The number of carbonyl (C=O) groups is 2. The number of nitrogens with zero attached hydrogens (tertiary/aromatic N) is 1. The molecule has 3 aromatic rings. The molecule has 1 aliphatic rings. The second-order valence-electron chi connectivity index (χ2n) is 10.3. The number of aliphatic carboxylic acids is 1. The predicted molar refractivity (Wildman–Crippen MR) is 154 cm³/mol. The number of hydrogen-bond acceptors (Lipinski definition) is 3. The fraction of sp³-hybridized carbons (Fsp3) is 0.375. The Kier molecular flexibility index (Phi) is 9.59. The molecule has 1 fully saturated rings. The summed E-state index contributed by atoms with van der Waals surface area (Å²) in [6, 6.07) is 25.5. The zero-order chi connectivity index (χ0) is 27.0. The van der Waals surface area contributed by atoms with Crippen LogP contribution in [0.2, 0.25) is 5.02 Å². The molecule has 1 saturated heterocycles. The molecule has 1 amide bonds. The first-order chi connectivity index (χ1) is 18.4. The number of rotatable bonds is 11. The van der Waals surface area contributed by atoms with E-state index >= 15 is 0 Å². The number of amides is 1. The number of hydrogen-bond donors (Lipinski definition) is 2. The van der Waals surface area contributed by atoms with Crippen LogP contribution < -0.4 is 5.32 Å². The lowest BCUT2D eigenvalue weighted by molar-refractivity contribution is -0.138. The highest BCUT2D eigenvalue weighted by atomic mass is 35.5. The van der Waals surface area contributed by atoms with Crippen molar-refractivity contribution in [2.24, 2.45) is 0 Å². The Balaban J connectivity index is 1.30. The summed E-state index contributed by atoms with van der Waals surface area (Å²) in [6.07, 6.45) is 4.54. The van der Waals surface area contributed by atoms with Crippen LogP contribution in [0.3, 0.4) is 0 Å². The first-order valence-corrected chi connectivity index (χ1v) is 13.9. The molecule has 1 unspecified atom stereocenters. The number of carboxylic acid groups (broad SMARTS) is 1. The zero-order valence-corrected chi connectivity index (χ0v) is 22.8. The van der Waals surface area contributed by atoms with Crippen LogP contribution in [-0.2, 0) is 10.2 Å². The summed E-state index contributed by atoms with van der Waals surface area (Å²) in [5.74, 6) is -0.799. The van der Waals surface area contributed by atoms with Gasteiger partial charge in [-0.2, -0.15) is 0 Å². The first-order valence-electron chi connectivity index (χ1n) is 13.6. The number of benzene rings is 3. The molecule has 5 nitrogen and oxygen atoms in total. The number of carbonyl (C=O) groups excluding carboxylic acids is 1. The topological polar surface area (TPSA) is 69.6 Å². The second-order valence-corrected chi connectivity index (χ2v) is 10.8. The van der Waals surface area contributed by atoms with E-state index in [2.05, 4.69) is 29.3 Å². The summed E-state index contributed by atoms with van der Waals surface area (Å²) >= 11 is 6.19. The van der Waals surface area contributed by atoms with E-state index in [1.54, 1.807) is 0 Å². The lowest BCUT2D eigenvalue weighted by atomic mass is 9.72. The van der Waals surface area contributed by atoms with Gasteiger partial charge in [-0.1, -0.05) is 79.2 Å². The fourth-order valence-electron chi connectivity index (χ4n) is 5.72. The summed E-state index contributed by atoms with van der Waals surface area (Å²) in [7, 11) is 0. The molecule has 0 bridgehead atoms. The quantitative estimate of drug-likeness (QED) is 0.285. The molecule has 0 spiro atoms. The van der Waals surface area contributed by atoms with Crippen molar-refractivity contribution >= 4 is 23.5 Å². The lowest BCUT2D eigenvalue weighted by Gasteiger charge is -2.35. The Morgan fingerprint density at radius 1 is 1.00 bits per heavy atom. The van der Waals surface area contributed by atoms with Crippen LogP contribution in [0.5, 0.6) is 0 Å². The Labute approximate surface area is 230 Å². The Bertz CT molecular complexity index is 1220. The molecule has 1 aliphatic heterocycles. The third kappa shape index (κ3) is 7.03. The minimum atomic E-state index is -0.746. The Hall–Kier alpha value is -3.15. The SMILES string of the molecule is CCC(CCCN1CCC(NC(=O)c2ccccc2-c2cccc(Cl)c2)CC1)(CC(=O)O)c1ccccc1. The average molecular weight is 533 g/mol. The van der Waals surface area contributed by atoms with E-state index in [4.69, 9.17) is 11.6 Å². The molecule has 6 heteroatoms. The molecule has 3 aromatic carbocycles. The highest BCUT2D eigenvalue weighted by molar-refractivity contribution is 6.30. The third-order valence-electron chi connectivity index (χ3n) is 7.91. The van der Waals surface area contributed by atoms with E-state index < -0.39 is 5.97 Å². The van der Waals surface area contributed by atoms with Gasteiger partial charge in [-0.05, 0) is 73.5 Å². The predicted octanol–water partition coefficient (Wildman–Crippen LogP) is 6.80. The number of nitrogens with one attached hydrogen (secondary N) is 1. The second kappa shape index (κ2) is 13.1. The van der Waals surface area contributed by atoms with Crippen LogP contribution >= 0.6 is 11.6 Å². The Morgan fingerprint density at radius 2 is 1.71 bits per heavy atom. The molecule has 0 saturated carbocycles. The van der Waals surface area contributed by atoms with Crippen LogP contribution in [0.4, 0.5) is 0 Å². The standard InChI is InChI=1S/C32H37ClN2O3/c1-2-32(23-30(36)37,25-11-4-3-5-12-25)18-9-19-35-20-16-27(17-21-35)34-31(38)29-15-7-6-14-28(29)24-10-8-13-26(33)22-24/h3-8,10-15,22,27H,2,9,16-21,23H2,1H3,(H,34,38)(H,36,37). The monoisotopic (exact) mass is 532 g/mol. The normalized spacial score (nSPS) is 16.1. The third-order valence-corrected chi connectivity index (χ3v) is 8.15. The number of halogens is 1. The number of carboxylic acids is 1. The molecule has 0 aliphatic carbocycles. The molecular formula is C32H37ClN2O3. The van der Waals surface area contributed by atoms with Crippen molar-refractivity contribution in [1.82, 2.24) is 10.2 Å². The molecule has 200 valence electrons. The average Bonchev–Trinajstić information content (AvgIpc) is 2.93. The summed E-state index contributed by atoms with van der Waals surface area (Å²) < 4.78 is 0. The van der Waals surface area contributed by atoms with Crippen molar-refractivity contribution in [2.45, 2.75) is 56.9 Å². The van der Waals surface area contributed by atoms with Gasteiger partial charge in [0.2, 0.25) is 0 Å². The van der Waals surface area contributed by atoms with Crippen LogP contribution in [0.1, 0.15) is 61.4 Å².